The van der Waals surface area contributed by atoms with Crippen LogP contribution in [0.15, 0.2) is 18.2 Å². The Morgan fingerprint density at radius 2 is 2.31 bits per heavy atom. The molecule has 1 aromatic carbocycles. The molecule has 0 bridgehead atoms. The number of hydrogen-bond donors (Lipinski definition) is 1. The molecular weight excluding hydrogens is 207 g/mol. The molecule has 2 nitrogen and oxygen atoms in total. The van der Waals surface area contributed by atoms with Crippen LogP contribution in [0, 0.1) is 24.6 Å². The molecule has 86 valence electrons. The zero-order valence-electron chi connectivity index (χ0n) is 9.24. The first-order valence-electron chi connectivity index (χ1n) is 5.56. The monoisotopic (exact) mass is 222 g/mol. The van der Waals surface area contributed by atoms with Gasteiger partial charge >= 0.3 is 5.97 Å². The molecule has 2 rings (SSSR count). The molecular formula is C13H15FO2. The number of hydrogen-bond acceptors (Lipinski definition) is 1. The SMILES string of the molecule is Cc1ccc(CCC2CC2C(=O)O)c(F)c1. The van der Waals surface area contributed by atoms with E-state index in [9.17, 15) is 9.18 Å². The van der Waals surface area contributed by atoms with E-state index < -0.39 is 5.97 Å². The Labute approximate surface area is 94.1 Å². The van der Waals surface area contributed by atoms with Crippen molar-refractivity contribution in [3.05, 3.63) is 35.1 Å². The van der Waals surface area contributed by atoms with Crippen molar-refractivity contribution in [2.75, 3.05) is 0 Å². The molecule has 1 fully saturated rings. The lowest BCUT2D eigenvalue weighted by Gasteiger charge is -2.03. The van der Waals surface area contributed by atoms with Gasteiger partial charge in [-0.15, -0.1) is 0 Å². The zero-order valence-corrected chi connectivity index (χ0v) is 9.24. The summed E-state index contributed by atoms with van der Waals surface area (Å²) in [5.74, 6) is -0.825. The number of carboxylic acids is 1. The van der Waals surface area contributed by atoms with Crippen molar-refractivity contribution >= 4 is 5.97 Å². The Bertz CT molecular complexity index is 414. The van der Waals surface area contributed by atoms with Crippen LogP contribution in [0.1, 0.15) is 24.0 Å². The highest BCUT2D eigenvalue weighted by Gasteiger charge is 2.42. The largest absolute Gasteiger partial charge is 0.481 e. The molecule has 0 aromatic heterocycles. The molecule has 1 N–H and O–H groups in total. The van der Waals surface area contributed by atoms with E-state index in [2.05, 4.69) is 0 Å². The Balaban J connectivity index is 1.89. The van der Waals surface area contributed by atoms with Crippen molar-refractivity contribution in [3.8, 4) is 0 Å². The minimum Gasteiger partial charge on any atom is -0.481 e. The molecule has 0 spiro atoms. The molecule has 16 heavy (non-hydrogen) atoms. The number of benzene rings is 1. The normalized spacial score (nSPS) is 23.1. The van der Waals surface area contributed by atoms with Crippen LogP contribution in [0.5, 0.6) is 0 Å². The first-order chi connectivity index (χ1) is 7.58. The zero-order chi connectivity index (χ0) is 11.7. The second-order valence-electron chi connectivity index (χ2n) is 4.57. The van der Waals surface area contributed by atoms with E-state index in [1.807, 2.05) is 13.0 Å². The highest BCUT2D eigenvalue weighted by molar-refractivity contribution is 5.73. The summed E-state index contributed by atoms with van der Waals surface area (Å²) < 4.78 is 13.5. The third kappa shape index (κ3) is 2.40. The molecule has 1 saturated carbocycles. The summed E-state index contributed by atoms with van der Waals surface area (Å²) in [6.07, 6.45) is 2.17. The highest BCUT2D eigenvalue weighted by Crippen LogP contribution is 2.42. The van der Waals surface area contributed by atoms with Crippen LogP contribution in [0.3, 0.4) is 0 Å². The van der Waals surface area contributed by atoms with Gasteiger partial charge in [-0.2, -0.15) is 0 Å². The molecule has 1 aliphatic rings. The fourth-order valence-corrected chi connectivity index (χ4v) is 2.07. The first kappa shape index (κ1) is 11.1. The third-order valence-corrected chi connectivity index (χ3v) is 3.23. The molecule has 2 atom stereocenters. The fraction of sp³-hybridized carbons (Fsp3) is 0.462. The lowest BCUT2D eigenvalue weighted by atomic mass is 10.0. The van der Waals surface area contributed by atoms with E-state index in [1.54, 1.807) is 6.07 Å². The summed E-state index contributed by atoms with van der Waals surface area (Å²) in [7, 11) is 0. The van der Waals surface area contributed by atoms with Crippen molar-refractivity contribution in [2.45, 2.75) is 26.2 Å². The van der Waals surface area contributed by atoms with Gasteiger partial charge in [0.1, 0.15) is 5.82 Å². The summed E-state index contributed by atoms with van der Waals surface area (Å²) >= 11 is 0. The van der Waals surface area contributed by atoms with Gasteiger partial charge in [-0.1, -0.05) is 12.1 Å². The van der Waals surface area contributed by atoms with Crippen LogP contribution >= 0.6 is 0 Å². The van der Waals surface area contributed by atoms with Crippen molar-refractivity contribution in [1.82, 2.24) is 0 Å². The summed E-state index contributed by atoms with van der Waals surface area (Å²) in [6, 6.07) is 5.21. The van der Waals surface area contributed by atoms with Crippen LogP contribution < -0.4 is 0 Å². The Morgan fingerprint density at radius 3 is 2.88 bits per heavy atom. The maximum atomic E-state index is 13.5. The minimum absolute atomic E-state index is 0.174. The van der Waals surface area contributed by atoms with Gasteiger partial charge in [0.2, 0.25) is 0 Å². The Hall–Kier alpha value is -1.38. The van der Waals surface area contributed by atoms with E-state index in [0.717, 1.165) is 18.4 Å². The predicted molar refractivity (Wildman–Crippen MR) is 58.7 cm³/mol. The van der Waals surface area contributed by atoms with E-state index in [1.165, 1.54) is 6.07 Å². The molecule has 3 heteroatoms. The standard InChI is InChI=1S/C13H15FO2/c1-8-2-3-9(12(14)6-8)4-5-10-7-11(10)13(15)16/h2-3,6,10-11H,4-5,7H2,1H3,(H,15,16). The van der Waals surface area contributed by atoms with Gasteiger partial charge < -0.3 is 5.11 Å². The van der Waals surface area contributed by atoms with Gasteiger partial charge in [-0.25, -0.2) is 4.39 Å². The summed E-state index contributed by atoms with van der Waals surface area (Å²) in [5.41, 5.74) is 1.61. The van der Waals surface area contributed by atoms with Gasteiger partial charge in [-0.05, 0) is 49.3 Å². The van der Waals surface area contributed by atoms with Gasteiger partial charge in [0, 0.05) is 0 Å². The smallest absolute Gasteiger partial charge is 0.306 e. The molecule has 0 aliphatic heterocycles. The van der Waals surface area contributed by atoms with Crippen molar-refractivity contribution in [3.63, 3.8) is 0 Å². The highest BCUT2D eigenvalue weighted by atomic mass is 19.1. The number of carbonyl (C=O) groups is 1. The third-order valence-electron chi connectivity index (χ3n) is 3.23. The van der Waals surface area contributed by atoms with E-state index in [0.29, 0.717) is 12.0 Å². The second-order valence-corrected chi connectivity index (χ2v) is 4.57. The number of rotatable bonds is 4. The maximum absolute atomic E-state index is 13.5. The average molecular weight is 222 g/mol. The summed E-state index contributed by atoms with van der Waals surface area (Å²) in [6.45, 7) is 1.86. The average Bonchev–Trinajstić information content (AvgIpc) is 2.96. The molecule has 1 aliphatic carbocycles. The molecule has 0 saturated heterocycles. The molecule has 2 unspecified atom stereocenters. The summed E-state index contributed by atoms with van der Waals surface area (Å²) in [5, 5.41) is 8.74. The van der Waals surface area contributed by atoms with Gasteiger partial charge in [0.25, 0.3) is 0 Å². The molecule has 0 radical (unpaired) electrons. The quantitative estimate of drug-likeness (QED) is 0.850. The number of aliphatic carboxylic acids is 1. The number of aryl methyl sites for hydroxylation is 2. The topological polar surface area (TPSA) is 37.3 Å². The van der Waals surface area contributed by atoms with Gasteiger partial charge in [-0.3, -0.25) is 4.79 Å². The van der Waals surface area contributed by atoms with Crippen molar-refractivity contribution < 1.29 is 14.3 Å². The fourth-order valence-electron chi connectivity index (χ4n) is 2.07. The van der Waals surface area contributed by atoms with Crippen LogP contribution in [0.4, 0.5) is 4.39 Å². The van der Waals surface area contributed by atoms with Gasteiger partial charge in [0.15, 0.2) is 0 Å². The molecule has 0 heterocycles. The van der Waals surface area contributed by atoms with Crippen molar-refractivity contribution in [2.24, 2.45) is 11.8 Å². The Morgan fingerprint density at radius 1 is 1.56 bits per heavy atom. The molecule has 0 amide bonds. The van der Waals surface area contributed by atoms with E-state index in [-0.39, 0.29) is 17.7 Å². The minimum atomic E-state index is -0.714. The maximum Gasteiger partial charge on any atom is 0.306 e. The van der Waals surface area contributed by atoms with Crippen LogP contribution in [0.25, 0.3) is 0 Å². The first-order valence-corrected chi connectivity index (χ1v) is 5.56. The lowest BCUT2D eigenvalue weighted by Crippen LogP contribution is -2.00. The molecule has 1 aromatic rings. The predicted octanol–water partition coefficient (Wildman–Crippen LogP) is 2.79. The van der Waals surface area contributed by atoms with Crippen LogP contribution in [-0.2, 0) is 11.2 Å². The van der Waals surface area contributed by atoms with E-state index >= 15 is 0 Å². The van der Waals surface area contributed by atoms with Crippen LogP contribution in [-0.4, -0.2) is 11.1 Å². The lowest BCUT2D eigenvalue weighted by molar-refractivity contribution is -0.138. The number of carboxylic acid groups (broad SMARTS) is 1. The second kappa shape index (κ2) is 4.24. The van der Waals surface area contributed by atoms with Gasteiger partial charge in [0.05, 0.1) is 5.92 Å². The Kier molecular flexibility index (Phi) is 2.95. The van der Waals surface area contributed by atoms with E-state index in [4.69, 9.17) is 5.11 Å². The van der Waals surface area contributed by atoms with Crippen molar-refractivity contribution in [1.29, 1.82) is 0 Å². The number of halogens is 1. The summed E-state index contributed by atoms with van der Waals surface area (Å²) in [4.78, 5) is 10.6. The van der Waals surface area contributed by atoms with Crippen LogP contribution in [0.2, 0.25) is 0 Å².